The molecule has 2 aliphatic rings. The lowest BCUT2D eigenvalue weighted by molar-refractivity contribution is -0.137. The Morgan fingerprint density at radius 1 is 1.27 bits per heavy atom. The van der Waals surface area contributed by atoms with Gasteiger partial charge in [-0.15, -0.1) is 0 Å². The van der Waals surface area contributed by atoms with Crippen molar-refractivity contribution in [3.63, 3.8) is 0 Å². The molecule has 1 saturated carbocycles. The minimum atomic E-state index is -4.54. The van der Waals surface area contributed by atoms with Gasteiger partial charge in [0.25, 0.3) is 11.5 Å². The molecule has 2 atom stereocenters. The number of carbonyl (C=O) groups excluding carboxylic acids is 1. The normalized spacial score (nSPS) is 23.1. The molecule has 9 heteroatoms. The molecule has 3 heterocycles. The molecule has 3 aromatic rings. The Kier molecular flexibility index (Phi) is 3.93. The number of fused-ring (bicyclic) bond motifs is 2. The Labute approximate surface area is 173 Å². The van der Waals surface area contributed by atoms with Crippen molar-refractivity contribution in [3.05, 3.63) is 68.2 Å². The summed E-state index contributed by atoms with van der Waals surface area (Å²) < 4.78 is 39.8. The Morgan fingerprint density at radius 2 is 2.03 bits per heavy atom. The van der Waals surface area contributed by atoms with Gasteiger partial charge < -0.3 is 14.9 Å². The largest absolute Gasteiger partial charge is 0.417 e. The number of aryl methyl sites for hydroxylation is 1. The summed E-state index contributed by atoms with van der Waals surface area (Å²) in [6, 6.07) is 4.00. The van der Waals surface area contributed by atoms with Crippen LogP contribution >= 0.6 is 11.6 Å². The van der Waals surface area contributed by atoms with Gasteiger partial charge in [0.1, 0.15) is 0 Å². The Morgan fingerprint density at radius 3 is 2.77 bits per heavy atom. The Hall–Kier alpha value is -2.74. The van der Waals surface area contributed by atoms with E-state index in [-0.39, 0.29) is 28.0 Å². The minimum absolute atomic E-state index is 0.0916. The number of aromatic nitrogens is 2. The number of piperidine rings is 1. The lowest BCUT2D eigenvalue weighted by atomic mass is 9.93. The third-order valence-corrected chi connectivity index (χ3v) is 6.76. The van der Waals surface area contributed by atoms with Crippen LogP contribution in [-0.4, -0.2) is 33.9 Å². The van der Waals surface area contributed by atoms with E-state index in [1.807, 2.05) is 6.92 Å². The van der Waals surface area contributed by atoms with Crippen LogP contribution in [0.2, 0.25) is 5.02 Å². The van der Waals surface area contributed by atoms with E-state index in [9.17, 15) is 22.8 Å². The number of carbonyl (C=O) groups is 1. The lowest BCUT2D eigenvalue weighted by Crippen LogP contribution is -2.33. The first-order valence-corrected chi connectivity index (χ1v) is 9.85. The number of benzene rings is 1. The van der Waals surface area contributed by atoms with Gasteiger partial charge in [0.15, 0.2) is 0 Å². The zero-order valence-corrected chi connectivity index (χ0v) is 16.6. The topological polar surface area (TPSA) is 69.0 Å². The number of likely N-dealkylation sites (tertiary alicyclic amines) is 1. The number of H-pyrrole nitrogens is 2. The summed E-state index contributed by atoms with van der Waals surface area (Å²) in [6.07, 6.45) is -0.710. The van der Waals surface area contributed by atoms with Crippen molar-refractivity contribution in [2.45, 2.75) is 24.9 Å². The monoisotopic (exact) mass is 435 g/mol. The minimum Gasteiger partial charge on any atom is -0.360 e. The van der Waals surface area contributed by atoms with E-state index >= 15 is 0 Å². The van der Waals surface area contributed by atoms with Gasteiger partial charge in [0.05, 0.1) is 27.1 Å². The number of halogens is 4. The second-order valence-corrected chi connectivity index (χ2v) is 8.60. The van der Waals surface area contributed by atoms with Crippen LogP contribution in [0.3, 0.4) is 0 Å². The fraction of sp³-hybridized carbons (Fsp3) is 0.333. The maximum atomic E-state index is 13.3. The van der Waals surface area contributed by atoms with Gasteiger partial charge >= 0.3 is 6.18 Å². The molecule has 1 saturated heterocycles. The summed E-state index contributed by atoms with van der Waals surface area (Å²) in [5, 5.41) is -0.0281. The van der Waals surface area contributed by atoms with Gasteiger partial charge in [-0.25, -0.2) is 0 Å². The summed E-state index contributed by atoms with van der Waals surface area (Å²) in [5.74, 6) is -0.206. The van der Waals surface area contributed by atoms with E-state index in [0.717, 1.165) is 18.1 Å². The molecule has 1 amide bonds. The molecule has 156 valence electrons. The van der Waals surface area contributed by atoms with Crippen molar-refractivity contribution in [3.8, 4) is 0 Å². The maximum absolute atomic E-state index is 13.3. The summed E-state index contributed by atoms with van der Waals surface area (Å²) in [7, 11) is 0. The lowest BCUT2D eigenvalue weighted by Gasteiger charge is -2.22. The molecule has 1 aromatic carbocycles. The molecule has 2 aromatic heterocycles. The van der Waals surface area contributed by atoms with Crippen LogP contribution in [0, 0.1) is 12.8 Å². The van der Waals surface area contributed by atoms with Crippen molar-refractivity contribution in [2.24, 2.45) is 5.92 Å². The third kappa shape index (κ3) is 2.70. The molecule has 2 N–H and O–H groups in total. The molecular formula is C21H17ClF3N3O2. The molecule has 5 rings (SSSR count). The Bertz CT molecular complexity index is 1260. The summed E-state index contributed by atoms with van der Waals surface area (Å²) in [4.78, 5) is 32.7. The quantitative estimate of drug-likeness (QED) is 0.632. The molecule has 1 aliphatic carbocycles. The highest BCUT2D eigenvalue weighted by atomic mass is 35.5. The second-order valence-electron chi connectivity index (χ2n) is 8.19. The van der Waals surface area contributed by atoms with Crippen molar-refractivity contribution in [1.82, 2.24) is 14.9 Å². The van der Waals surface area contributed by atoms with Gasteiger partial charge in [0, 0.05) is 30.9 Å². The molecule has 2 fully saturated rings. The van der Waals surface area contributed by atoms with E-state index < -0.39 is 17.2 Å². The molecule has 1 aliphatic heterocycles. The smallest absolute Gasteiger partial charge is 0.360 e. The van der Waals surface area contributed by atoms with Gasteiger partial charge in [-0.3, -0.25) is 9.59 Å². The molecule has 30 heavy (non-hydrogen) atoms. The number of amides is 1. The van der Waals surface area contributed by atoms with Crippen LogP contribution in [0.5, 0.6) is 0 Å². The van der Waals surface area contributed by atoms with Gasteiger partial charge in [-0.2, -0.15) is 13.2 Å². The molecule has 0 bridgehead atoms. The fourth-order valence-corrected chi connectivity index (χ4v) is 4.99. The van der Waals surface area contributed by atoms with E-state index in [1.54, 1.807) is 17.2 Å². The summed E-state index contributed by atoms with van der Waals surface area (Å²) >= 11 is 5.76. The highest BCUT2D eigenvalue weighted by molar-refractivity contribution is 6.31. The number of hydrogen-bond donors (Lipinski definition) is 2. The average molecular weight is 436 g/mol. The van der Waals surface area contributed by atoms with Crippen LogP contribution in [0.15, 0.2) is 35.4 Å². The first kappa shape index (κ1) is 19.2. The van der Waals surface area contributed by atoms with E-state index in [0.29, 0.717) is 29.6 Å². The van der Waals surface area contributed by atoms with Crippen LogP contribution in [0.4, 0.5) is 13.2 Å². The number of aromatic amines is 2. The number of hydrogen-bond acceptors (Lipinski definition) is 2. The zero-order valence-electron chi connectivity index (χ0n) is 15.9. The number of alkyl halides is 3. The third-order valence-electron chi connectivity index (χ3n) is 6.43. The van der Waals surface area contributed by atoms with Crippen molar-refractivity contribution in [2.75, 3.05) is 13.1 Å². The van der Waals surface area contributed by atoms with E-state index in [1.165, 1.54) is 12.3 Å². The number of nitrogens with zero attached hydrogens (tertiary/aromatic N) is 1. The van der Waals surface area contributed by atoms with Crippen LogP contribution in [0.1, 0.15) is 33.5 Å². The highest BCUT2D eigenvalue weighted by Gasteiger charge is 2.62. The molecule has 2 unspecified atom stereocenters. The van der Waals surface area contributed by atoms with Crippen molar-refractivity contribution < 1.29 is 18.0 Å². The van der Waals surface area contributed by atoms with E-state index in [4.69, 9.17) is 11.6 Å². The van der Waals surface area contributed by atoms with E-state index in [2.05, 4.69) is 9.97 Å². The van der Waals surface area contributed by atoms with Crippen molar-refractivity contribution >= 4 is 28.4 Å². The second kappa shape index (κ2) is 6.14. The standard InChI is InChI=1S/C21H17ClF3N3O2/c1-10-6-27-18(29)16-13(7-26-17(10)16)19(30)28-8-12-5-20(12,9-28)11-2-3-15(22)14(4-11)21(23,24)25/h2-4,6-7,12,26H,5,8-9H2,1H3,(H,27,29). The SMILES string of the molecule is Cc1c[nH]c(=O)c2c(C(=O)N3CC4CC4(c4ccc(Cl)c(C(F)(F)F)c4)C3)c[nH]c12. The van der Waals surface area contributed by atoms with Crippen LogP contribution < -0.4 is 5.56 Å². The van der Waals surface area contributed by atoms with Gasteiger partial charge in [0.2, 0.25) is 0 Å². The fourth-order valence-electron chi connectivity index (χ4n) is 4.76. The number of rotatable bonds is 2. The Balaban J connectivity index is 1.47. The maximum Gasteiger partial charge on any atom is 0.417 e. The molecule has 0 radical (unpaired) electrons. The van der Waals surface area contributed by atoms with Crippen LogP contribution in [0.25, 0.3) is 10.9 Å². The molecule has 5 nitrogen and oxygen atoms in total. The van der Waals surface area contributed by atoms with Gasteiger partial charge in [-0.1, -0.05) is 17.7 Å². The first-order chi connectivity index (χ1) is 14.1. The number of pyridine rings is 1. The number of nitrogens with one attached hydrogen (secondary N) is 2. The summed E-state index contributed by atoms with van der Waals surface area (Å²) in [5.41, 5.74) is 0.538. The van der Waals surface area contributed by atoms with Crippen molar-refractivity contribution in [1.29, 1.82) is 0 Å². The molecule has 0 spiro atoms. The zero-order chi connectivity index (χ0) is 21.4. The van der Waals surface area contributed by atoms with Crippen LogP contribution in [-0.2, 0) is 11.6 Å². The molecular weight excluding hydrogens is 419 g/mol. The summed E-state index contributed by atoms with van der Waals surface area (Å²) in [6.45, 7) is 2.58. The highest BCUT2D eigenvalue weighted by Crippen LogP contribution is 2.59. The first-order valence-electron chi connectivity index (χ1n) is 9.48. The van der Waals surface area contributed by atoms with Gasteiger partial charge in [-0.05, 0) is 42.5 Å². The average Bonchev–Trinajstić information content (AvgIpc) is 3.04. The predicted molar refractivity (Wildman–Crippen MR) is 106 cm³/mol. The predicted octanol–water partition coefficient (Wildman–Crippen LogP) is 4.25.